The highest BCUT2D eigenvalue weighted by Crippen LogP contribution is 2.23. The van der Waals surface area contributed by atoms with E-state index in [1.807, 2.05) is 18.2 Å². The fourth-order valence-corrected chi connectivity index (χ4v) is 2.81. The Bertz CT molecular complexity index is 516. The van der Waals surface area contributed by atoms with Crippen molar-refractivity contribution < 1.29 is 4.42 Å². The Hall–Kier alpha value is -1.32. The molecular formula is C18H28N2O. The van der Waals surface area contributed by atoms with Crippen molar-refractivity contribution in [3.05, 3.63) is 36.1 Å². The molecule has 0 aliphatic heterocycles. The highest BCUT2D eigenvalue weighted by atomic mass is 16.3. The summed E-state index contributed by atoms with van der Waals surface area (Å²) in [5.41, 5.74) is 7.29. The number of nitrogens with zero attached hydrogens (tertiary/aromatic N) is 1. The van der Waals surface area contributed by atoms with Crippen molar-refractivity contribution in [3.8, 4) is 0 Å². The zero-order valence-electron chi connectivity index (χ0n) is 13.7. The zero-order chi connectivity index (χ0) is 15.4. The number of hydrogen-bond acceptors (Lipinski definition) is 3. The van der Waals surface area contributed by atoms with Crippen LogP contribution in [0.25, 0.3) is 11.0 Å². The fraction of sp³-hybridized carbons (Fsp3) is 0.556. The molecule has 1 atom stereocenters. The minimum absolute atomic E-state index is 0.0742. The lowest BCUT2D eigenvalue weighted by atomic mass is 10.1. The lowest BCUT2D eigenvalue weighted by Gasteiger charge is -2.28. The van der Waals surface area contributed by atoms with Gasteiger partial charge in [-0.05, 0) is 24.0 Å². The number of furan rings is 1. The van der Waals surface area contributed by atoms with E-state index in [0.717, 1.165) is 36.4 Å². The van der Waals surface area contributed by atoms with E-state index in [1.54, 1.807) is 0 Å². The molecule has 1 unspecified atom stereocenters. The van der Waals surface area contributed by atoms with Crippen LogP contribution in [-0.4, -0.2) is 24.5 Å². The molecule has 3 heteroatoms. The molecule has 2 N–H and O–H groups in total. The van der Waals surface area contributed by atoms with E-state index in [4.69, 9.17) is 10.2 Å². The van der Waals surface area contributed by atoms with Gasteiger partial charge in [-0.1, -0.05) is 45.9 Å². The van der Waals surface area contributed by atoms with Crippen LogP contribution in [0.15, 0.2) is 34.7 Å². The van der Waals surface area contributed by atoms with Gasteiger partial charge in [0.05, 0.1) is 6.04 Å². The minimum atomic E-state index is -0.0742. The van der Waals surface area contributed by atoms with Gasteiger partial charge < -0.3 is 15.1 Å². The molecule has 1 heterocycles. The van der Waals surface area contributed by atoms with Crippen LogP contribution < -0.4 is 5.73 Å². The van der Waals surface area contributed by atoms with Gasteiger partial charge in [0, 0.05) is 25.0 Å². The monoisotopic (exact) mass is 288 g/mol. The van der Waals surface area contributed by atoms with Crippen molar-refractivity contribution in [2.24, 2.45) is 17.6 Å². The molecule has 21 heavy (non-hydrogen) atoms. The van der Waals surface area contributed by atoms with Crippen LogP contribution in [0, 0.1) is 11.8 Å². The summed E-state index contributed by atoms with van der Waals surface area (Å²) < 4.78 is 5.89. The molecule has 1 aromatic heterocycles. The Kier molecular flexibility index (Phi) is 5.43. The minimum Gasteiger partial charge on any atom is -0.459 e. The van der Waals surface area contributed by atoms with Crippen molar-refractivity contribution >= 4 is 11.0 Å². The molecule has 116 valence electrons. The first-order chi connectivity index (χ1) is 9.95. The largest absolute Gasteiger partial charge is 0.459 e. The maximum atomic E-state index is 6.38. The molecule has 2 aromatic rings. The average molecular weight is 288 g/mol. The standard InChI is InChI=1S/C18H28N2O/c1-13(2)10-20(11-14(3)4)12-16(19)18-9-15-7-5-6-8-17(15)21-18/h5-9,13-14,16H,10-12,19H2,1-4H3. The highest BCUT2D eigenvalue weighted by molar-refractivity contribution is 5.77. The molecule has 0 aliphatic rings. The lowest BCUT2D eigenvalue weighted by molar-refractivity contribution is 0.202. The van der Waals surface area contributed by atoms with E-state index in [0.29, 0.717) is 11.8 Å². The molecular weight excluding hydrogens is 260 g/mol. The third kappa shape index (κ3) is 4.58. The van der Waals surface area contributed by atoms with E-state index < -0.39 is 0 Å². The van der Waals surface area contributed by atoms with Crippen molar-refractivity contribution in [1.29, 1.82) is 0 Å². The summed E-state index contributed by atoms with van der Waals surface area (Å²) in [6.07, 6.45) is 0. The number of para-hydroxylation sites is 1. The topological polar surface area (TPSA) is 42.4 Å². The van der Waals surface area contributed by atoms with Gasteiger partial charge in [-0.15, -0.1) is 0 Å². The van der Waals surface area contributed by atoms with Crippen LogP contribution in [0.4, 0.5) is 0 Å². The quantitative estimate of drug-likeness (QED) is 0.836. The third-order valence-electron chi connectivity index (χ3n) is 3.51. The van der Waals surface area contributed by atoms with Gasteiger partial charge >= 0.3 is 0 Å². The molecule has 0 bridgehead atoms. The number of rotatable bonds is 7. The number of hydrogen-bond donors (Lipinski definition) is 1. The summed E-state index contributed by atoms with van der Waals surface area (Å²) in [4.78, 5) is 2.45. The van der Waals surface area contributed by atoms with Crippen LogP contribution in [0.5, 0.6) is 0 Å². The number of nitrogens with two attached hydrogens (primary N) is 1. The molecule has 0 saturated carbocycles. The van der Waals surface area contributed by atoms with E-state index in [9.17, 15) is 0 Å². The van der Waals surface area contributed by atoms with Crippen molar-refractivity contribution in [1.82, 2.24) is 4.90 Å². The molecule has 1 aromatic carbocycles. The SMILES string of the molecule is CC(C)CN(CC(C)C)CC(N)c1cc2ccccc2o1. The van der Waals surface area contributed by atoms with E-state index in [1.165, 1.54) is 0 Å². The Balaban J connectivity index is 2.07. The Morgan fingerprint density at radius 2 is 1.62 bits per heavy atom. The molecule has 0 fully saturated rings. The summed E-state index contributed by atoms with van der Waals surface area (Å²) in [7, 11) is 0. The number of benzene rings is 1. The second kappa shape index (κ2) is 7.10. The van der Waals surface area contributed by atoms with Gasteiger partial charge in [-0.2, -0.15) is 0 Å². The normalized spacial score (nSPS) is 13.7. The maximum Gasteiger partial charge on any atom is 0.134 e. The van der Waals surface area contributed by atoms with Crippen LogP contribution in [-0.2, 0) is 0 Å². The smallest absolute Gasteiger partial charge is 0.134 e. The van der Waals surface area contributed by atoms with E-state index >= 15 is 0 Å². The van der Waals surface area contributed by atoms with E-state index in [-0.39, 0.29) is 6.04 Å². The van der Waals surface area contributed by atoms with Gasteiger partial charge in [0.2, 0.25) is 0 Å². The first-order valence-electron chi connectivity index (χ1n) is 7.92. The van der Waals surface area contributed by atoms with Crippen molar-refractivity contribution in [3.63, 3.8) is 0 Å². The van der Waals surface area contributed by atoms with Crippen LogP contribution in [0.2, 0.25) is 0 Å². The van der Waals surface area contributed by atoms with Gasteiger partial charge in [-0.25, -0.2) is 0 Å². The predicted molar refractivity (Wildman–Crippen MR) is 89.3 cm³/mol. The van der Waals surface area contributed by atoms with E-state index in [2.05, 4.69) is 44.7 Å². The average Bonchev–Trinajstić information content (AvgIpc) is 2.80. The molecule has 0 amide bonds. The van der Waals surface area contributed by atoms with Crippen molar-refractivity contribution in [2.75, 3.05) is 19.6 Å². The first kappa shape index (κ1) is 16.1. The summed E-state index contributed by atoms with van der Waals surface area (Å²) in [6, 6.07) is 10.1. The summed E-state index contributed by atoms with van der Waals surface area (Å²) in [6.45, 7) is 12.0. The Morgan fingerprint density at radius 3 is 2.19 bits per heavy atom. The predicted octanol–water partition coefficient (Wildman–Crippen LogP) is 4.05. The molecule has 0 spiro atoms. The summed E-state index contributed by atoms with van der Waals surface area (Å²) >= 11 is 0. The summed E-state index contributed by atoms with van der Waals surface area (Å²) in [5, 5.41) is 1.13. The second-order valence-corrected chi connectivity index (χ2v) is 6.80. The summed E-state index contributed by atoms with van der Waals surface area (Å²) in [5.74, 6) is 2.17. The Morgan fingerprint density at radius 1 is 1.00 bits per heavy atom. The van der Waals surface area contributed by atoms with Gasteiger partial charge in [0.25, 0.3) is 0 Å². The third-order valence-corrected chi connectivity index (χ3v) is 3.51. The number of fused-ring (bicyclic) bond motifs is 1. The second-order valence-electron chi connectivity index (χ2n) is 6.80. The van der Waals surface area contributed by atoms with Gasteiger partial charge in [0.1, 0.15) is 11.3 Å². The molecule has 0 radical (unpaired) electrons. The molecule has 2 rings (SSSR count). The van der Waals surface area contributed by atoms with Gasteiger partial charge in [-0.3, -0.25) is 0 Å². The van der Waals surface area contributed by atoms with Crippen LogP contribution >= 0.6 is 0 Å². The molecule has 0 aliphatic carbocycles. The zero-order valence-corrected chi connectivity index (χ0v) is 13.7. The van der Waals surface area contributed by atoms with Crippen LogP contribution in [0.1, 0.15) is 39.5 Å². The van der Waals surface area contributed by atoms with Crippen LogP contribution in [0.3, 0.4) is 0 Å². The Labute approximate surface area is 128 Å². The first-order valence-corrected chi connectivity index (χ1v) is 7.92. The lowest BCUT2D eigenvalue weighted by Crippen LogP contribution is -2.37. The highest BCUT2D eigenvalue weighted by Gasteiger charge is 2.17. The maximum absolute atomic E-state index is 6.38. The fourth-order valence-electron chi connectivity index (χ4n) is 2.81. The molecule has 3 nitrogen and oxygen atoms in total. The van der Waals surface area contributed by atoms with Crippen molar-refractivity contribution in [2.45, 2.75) is 33.7 Å². The van der Waals surface area contributed by atoms with Gasteiger partial charge in [0.15, 0.2) is 0 Å². The molecule has 0 saturated heterocycles.